The molecule has 35 heavy (non-hydrogen) atoms. The Bertz CT molecular complexity index is 1160. The predicted molar refractivity (Wildman–Crippen MR) is 142 cm³/mol. The van der Waals surface area contributed by atoms with Crippen molar-refractivity contribution >= 4 is 50.7 Å². The third-order valence-corrected chi connectivity index (χ3v) is 7.64. The topological polar surface area (TPSA) is 86.8 Å². The molecular formula is C25H33Cl2N3O4S. The maximum absolute atomic E-state index is 13.7. The number of aryl methyl sites for hydroxylation is 1. The Labute approximate surface area is 218 Å². The van der Waals surface area contributed by atoms with E-state index in [1.165, 1.54) is 17.0 Å². The monoisotopic (exact) mass is 541 g/mol. The minimum absolute atomic E-state index is 0.0270. The van der Waals surface area contributed by atoms with E-state index in [-0.39, 0.29) is 34.2 Å². The first-order chi connectivity index (χ1) is 16.4. The molecule has 0 heterocycles. The number of hydrogen-bond donors (Lipinski definition) is 1. The van der Waals surface area contributed by atoms with Gasteiger partial charge in [0.15, 0.2) is 0 Å². The van der Waals surface area contributed by atoms with Crippen molar-refractivity contribution in [3.05, 3.63) is 63.6 Å². The lowest BCUT2D eigenvalue weighted by Gasteiger charge is -2.33. The molecule has 2 rings (SSSR count). The standard InChI is InChI=1S/C25H33Cl2N3O4S/c1-6-18(4)28-25(32)21(7-2)29(15-19-11-8-10-17(3)14-19)23(31)16-30(35(5,33)34)22-13-9-12-20(26)24(22)27/h8-14,18,21H,6-7,15-16H2,1-5H3,(H,28,32)/t18-,21+/m0/s1. The second-order valence-corrected chi connectivity index (χ2v) is 11.3. The number of nitrogens with one attached hydrogen (secondary N) is 1. The molecular weight excluding hydrogens is 509 g/mol. The van der Waals surface area contributed by atoms with Gasteiger partial charge in [-0.2, -0.15) is 0 Å². The zero-order chi connectivity index (χ0) is 26.3. The zero-order valence-corrected chi connectivity index (χ0v) is 23.0. The first kappa shape index (κ1) is 28.9. The quantitative estimate of drug-likeness (QED) is 0.443. The van der Waals surface area contributed by atoms with E-state index in [9.17, 15) is 18.0 Å². The fraction of sp³-hybridized carbons (Fsp3) is 0.440. The molecule has 0 aliphatic carbocycles. The van der Waals surface area contributed by atoms with Crippen molar-refractivity contribution in [1.82, 2.24) is 10.2 Å². The van der Waals surface area contributed by atoms with Gasteiger partial charge in [0.05, 0.1) is 22.0 Å². The van der Waals surface area contributed by atoms with Gasteiger partial charge in [0.25, 0.3) is 0 Å². The summed E-state index contributed by atoms with van der Waals surface area (Å²) in [6, 6.07) is 11.4. The number of sulfonamides is 1. The number of hydrogen-bond acceptors (Lipinski definition) is 4. The normalized spacial score (nSPS) is 13.1. The molecule has 1 N–H and O–H groups in total. The number of rotatable bonds is 11. The first-order valence-electron chi connectivity index (χ1n) is 11.5. The molecule has 192 valence electrons. The summed E-state index contributed by atoms with van der Waals surface area (Å²) < 4.78 is 26.3. The minimum Gasteiger partial charge on any atom is -0.352 e. The van der Waals surface area contributed by atoms with Gasteiger partial charge in [-0.15, -0.1) is 0 Å². The van der Waals surface area contributed by atoms with Crippen LogP contribution in [0.4, 0.5) is 5.69 Å². The molecule has 0 aliphatic rings. The summed E-state index contributed by atoms with van der Waals surface area (Å²) in [6.07, 6.45) is 2.09. The predicted octanol–water partition coefficient (Wildman–Crippen LogP) is 4.79. The average Bonchev–Trinajstić information content (AvgIpc) is 2.78. The van der Waals surface area contributed by atoms with Gasteiger partial charge in [-0.25, -0.2) is 8.42 Å². The van der Waals surface area contributed by atoms with Gasteiger partial charge in [0.1, 0.15) is 12.6 Å². The van der Waals surface area contributed by atoms with Crippen molar-refractivity contribution < 1.29 is 18.0 Å². The number of benzene rings is 2. The number of carbonyl (C=O) groups excluding carboxylic acids is 2. The molecule has 0 saturated heterocycles. The molecule has 0 aliphatic heterocycles. The Morgan fingerprint density at radius 2 is 1.71 bits per heavy atom. The zero-order valence-electron chi connectivity index (χ0n) is 20.7. The Balaban J connectivity index is 2.49. The van der Waals surface area contributed by atoms with Crippen LogP contribution >= 0.6 is 23.2 Å². The largest absolute Gasteiger partial charge is 0.352 e. The van der Waals surface area contributed by atoms with E-state index in [0.29, 0.717) is 6.42 Å². The molecule has 10 heteroatoms. The first-order valence-corrected chi connectivity index (χ1v) is 14.1. The lowest BCUT2D eigenvalue weighted by molar-refractivity contribution is -0.140. The number of anilines is 1. The van der Waals surface area contributed by atoms with Crippen LogP contribution in [-0.2, 0) is 26.2 Å². The second kappa shape index (κ2) is 12.6. The molecule has 2 aromatic carbocycles. The van der Waals surface area contributed by atoms with E-state index < -0.39 is 28.5 Å². The molecule has 0 fully saturated rings. The highest BCUT2D eigenvalue weighted by atomic mass is 35.5. The Morgan fingerprint density at radius 1 is 1.06 bits per heavy atom. The summed E-state index contributed by atoms with van der Waals surface area (Å²) in [5, 5.41) is 3.14. The van der Waals surface area contributed by atoms with Gasteiger partial charge in [-0.05, 0) is 44.4 Å². The van der Waals surface area contributed by atoms with E-state index in [1.54, 1.807) is 6.07 Å². The second-order valence-electron chi connectivity index (χ2n) is 8.60. The van der Waals surface area contributed by atoms with Crippen LogP contribution in [0, 0.1) is 6.92 Å². The van der Waals surface area contributed by atoms with Gasteiger partial charge < -0.3 is 10.2 Å². The van der Waals surface area contributed by atoms with Crippen LogP contribution in [-0.4, -0.2) is 50.0 Å². The van der Waals surface area contributed by atoms with Crippen LogP contribution in [0.25, 0.3) is 0 Å². The third-order valence-electron chi connectivity index (χ3n) is 5.70. The lowest BCUT2D eigenvalue weighted by atomic mass is 10.1. The van der Waals surface area contributed by atoms with Gasteiger partial charge in [-0.1, -0.05) is 72.9 Å². The van der Waals surface area contributed by atoms with Gasteiger partial charge in [0, 0.05) is 12.6 Å². The van der Waals surface area contributed by atoms with Crippen molar-refractivity contribution in [3.8, 4) is 0 Å². The lowest BCUT2D eigenvalue weighted by Crippen LogP contribution is -2.53. The van der Waals surface area contributed by atoms with Crippen molar-refractivity contribution in [2.75, 3.05) is 17.1 Å². The van der Waals surface area contributed by atoms with E-state index in [2.05, 4.69) is 5.32 Å². The maximum atomic E-state index is 13.7. The Morgan fingerprint density at radius 3 is 2.29 bits per heavy atom. The van der Waals surface area contributed by atoms with E-state index in [4.69, 9.17) is 23.2 Å². The Kier molecular flexibility index (Phi) is 10.4. The van der Waals surface area contributed by atoms with Crippen molar-refractivity contribution in [2.24, 2.45) is 0 Å². The molecule has 0 spiro atoms. The van der Waals surface area contributed by atoms with E-state index in [1.807, 2.05) is 52.0 Å². The number of carbonyl (C=O) groups is 2. The number of halogens is 2. The minimum atomic E-state index is -3.90. The molecule has 7 nitrogen and oxygen atoms in total. The molecule has 0 bridgehead atoms. The van der Waals surface area contributed by atoms with Crippen molar-refractivity contribution in [3.63, 3.8) is 0 Å². The van der Waals surface area contributed by atoms with Crippen LogP contribution in [0.15, 0.2) is 42.5 Å². The van der Waals surface area contributed by atoms with E-state index in [0.717, 1.165) is 28.1 Å². The fourth-order valence-electron chi connectivity index (χ4n) is 3.65. The molecule has 0 aromatic heterocycles. The van der Waals surface area contributed by atoms with Crippen molar-refractivity contribution in [1.29, 1.82) is 0 Å². The summed E-state index contributed by atoms with van der Waals surface area (Å²) in [4.78, 5) is 28.2. The molecule has 0 radical (unpaired) electrons. The maximum Gasteiger partial charge on any atom is 0.244 e. The van der Waals surface area contributed by atoms with Crippen molar-refractivity contribution in [2.45, 2.75) is 59.2 Å². The highest BCUT2D eigenvalue weighted by Gasteiger charge is 2.32. The molecule has 2 amide bonds. The van der Waals surface area contributed by atoms with Crippen LogP contribution < -0.4 is 9.62 Å². The summed E-state index contributed by atoms with van der Waals surface area (Å²) in [5.41, 5.74) is 1.94. The van der Waals surface area contributed by atoms with Crippen LogP contribution in [0.1, 0.15) is 44.7 Å². The van der Waals surface area contributed by atoms with E-state index >= 15 is 0 Å². The number of amides is 2. The summed E-state index contributed by atoms with van der Waals surface area (Å²) >= 11 is 12.4. The average molecular weight is 543 g/mol. The summed E-state index contributed by atoms with van der Waals surface area (Å²) in [5.74, 6) is -0.811. The SMILES string of the molecule is CC[C@H](C(=O)N[C@@H](C)CC)N(Cc1cccc(C)c1)C(=O)CN(c1cccc(Cl)c1Cl)S(C)(=O)=O. The highest BCUT2D eigenvalue weighted by molar-refractivity contribution is 7.92. The molecule has 0 saturated carbocycles. The Hall–Kier alpha value is -2.29. The molecule has 2 aromatic rings. The van der Waals surface area contributed by atoms with Gasteiger partial charge in [0.2, 0.25) is 21.8 Å². The molecule has 2 atom stereocenters. The van der Waals surface area contributed by atoms with Crippen LogP contribution in [0.3, 0.4) is 0 Å². The van der Waals surface area contributed by atoms with Gasteiger partial charge in [-0.3, -0.25) is 13.9 Å². The van der Waals surface area contributed by atoms with Crippen LogP contribution in [0.5, 0.6) is 0 Å². The fourth-order valence-corrected chi connectivity index (χ4v) is 4.95. The third kappa shape index (κ3) is 7.85. The smallest absolute Gasteiger partial charge is 0.244 e. The highest BCUT2D eigenvalue weighted by Crippen LogP contribution is 2.33. The summed E-state index contributed by atoms with van der Waals surface area (Å²) in [6.45, 7) is 7.23. The number of nitrogens with zero attached hydrogens (tertiary/aromatic N) is 2. The molecule has 0 unspecified atom stereocenters. The summed E-state index contributed by atoms with van der Waals surface area (Å²) in [7, 11) is -3.90. The van der Waals surface area contributed by atoms with Gasteiger partial charge >= 0.3 is 0 Å². The van der Waals surface area contributed by atoms with Crippen LogP contribution in [0.2, 0.25) is 10.0 Å².